The topological polar surface area (TPSA) is 54.7 Å². The van der Waals surface area contributed by atoms with Crippen LogP contribution in [0.1, 0.15) is 18.4 Å². The molecule has 0 aromatic heterocycles. The summed E-state index contributed by atoms with van der Waals surface area (Å²) in [5, 5.41) is 9.04. The summed E-state index contributed by atoms with van der Waals surface area (Å²) in [6, 6.07) is 7.68. The molecule has 2 heterocycles. The lowest BCUT2D eigenvalue weighted by atomic mass is 10.0. The molecule has 1 aromatic rings. The van der Waals surface area contributed by atoms with Crippen molar-refractivity contribution in [3.63, 3.8) is 0 Å². The minimum atomic E-state index is -0.378. The van der Waals surface area contributed by atoms with Crippen LogP contribution >= 0.6 is 0 Å². The molecular weight excluding hydrogens is 256 g/mol. The molecule has 2 aliphatic rings. The Morgan fingerprint density at radius 1 is 1.25 bits per heavy atom. The largest absolute Gasteiger partial charge is 0.495 e. The van der Waals surface area contributed by atoms with Crippen molar-refractivity contribution in [2.45, 2.75) is 18.6 Å². The van der Waals surface area contributed by atoms with E-state index < -0.39 is 0 Å². The quantitative estimate of drug-likeness (QED) is 0.824. The smallest absolute Gasteiger partial charge is 0.171 e. The van der Waals surface area contributed by atoms with Gasteiger partial charge in [0, 0.05) is 25.9 Å². The molecule has 0 amide bonds. The van der Waals surface area contributed by atoms with Gasteiger partial charge >= 0.3 is 0 Å². The van der Waals surface area contributed by atoms with Gasteiger partial charge < -0.3 is 19.1 Å². The number of anilines is 1. The molecule has 0 N–H and O–H groups in total. The van der Waals surface area contributed by atoms with E-state index in [1.54, 1.807) is 13.2 Å². The summed E-state index contributed by atoms with van der Waals surface area (Å²) in [5.74, 6) is 0.421. The summed E-state index contributed by atoms with van der Waals surface area (Å²) in [7, 11) is 1.65. The second-order valence-electron chi connectivity index (χ2n) is 5.09. The Labute approximate surface area is 118 Å². The van der Waals surface area contributed by atoms with E-state index in [9.17, 15) is 0 Å². The van der Waals surface area contributed by atoms with Crippen LogP contribution in [0.15, 0.2) is 18.2 Å². The average Bonchev–Trinajstić information content (AvgIpc) is 2.95. The van der Waals surface area contributed by atoms with Crippen LogP contribution in [-0.4, -0.2) is 39.2 Å². The molecule has 0 bridgehead atoms. The predicted molar refractivity (Wildman–Crippen MR) is 73.8 cm³/mol. The highest BCUT2D eigenvalue weighted by Crippen LogP contribution is 2.36. The lowest BCUT2D eigenvalue weighted by molar-refractivity contribution is -0.169. The normalized spacial score (nSPS) is 20.9. The summed E-state index contributed by atoms with van der Waals surface area (Å²) < 4.78 is 16.9. The van der Waals surface area contributed by atoms with Gasteiger partial charge in [0.25, 0.3) is 0 Å². The minimum Gasteiger partial charge on any atom is -0.495 e. The van der Waals surface area contributed by atoms with E-state index in [4.69, 9.17) is 19.5 Å². The van der Waals surface area contributed by atoms with Crippen LogP contribution in [0.3, 0.4) is 0 Å². The molecule has 0 unspecified atom stereocenters. The highest BCUT2D eigenvalue weighted by Gasteiger charge is 2.40. The van der Waals surface area contributed by atoms with Crippen LogP contribution < -0.4 is 9.64 Å². The molecule has 0 radical (unpaired) electrons. The van der Waals surface area contributed by atoms with E-state index in [0.29, 0.717) is 18.8 Å². The Morgan fingerprint density at radius 2 is 1.95 bits per heavy atom. The fraction of sp³-hybridized carbons (Fsp3) is 0.533. The number of hydrogen-bond acceptors (Lipinski definition) is 5. The predicted octanol–water partition coefficient (Wildman–Crippen LogP) is 1.91. The lowest BCUT2D eigenvalue weighted by Crippen LogP contribution is -2.45. The van der Waals surface area contributed by atoms with E-state index in [1.807, 2.05) is 12.1 Å². The molecule has 0 aliphatic carbocycles. The van der Waals surface area contributed by atoms with Gasteiger partial charge in [-0.15, -0.1) is 0 Å². The van der Waals surface area contributed by atoms with E-state index >= 15 is 0 Å². The first-order chi connectivity index (χ1) is 9.76. The van der Waals surface area contributed by atoms with Crippen LogP contribution in [0.2, 0.25) is 0 Å². The van der Waals surface area contributed by atoms with Crippen LogP contribution in [0.4, 0.5) is 5.69 Å². The van der Waals surface area contributed by atoms with Crippen LogP contribution in [0.5, 0.6) is 5.75 Å². The van der Waals surface area contributed by atoms with Gasteiger partial charge in [-0.05, 0) is 18.2 Å². The Balaban J connectivity index is 1.79. The standard InChI is InChI=1S/C15H18N2O3/c1-18-14-3-2-12(11-16)10-13(14)17-6-4-15(5-7-17)19-8-9-20-15/h2-3,10H,4-9H2,1H3. The molecule has 1 aromatic carbocycles. The first-order valence-electron chi connectivity index (χ1n) is 6.87. The number of nitrogens with zero attached hydrogens (tertiary/aromatic N) is 2. The minimum absolute atomic E-state index is 0.378. The first-order valence-corrected chi connectivity index (χ1v) is 6.87. The van der Waals surface area contributed by atoms with Gasteiger partial charge in [-0.3, -0.25) is 0 Å². The van der Waals surface area contributed by atoms with E-state index in [0.717, 1.165) is 37.4 Å². The lowest BCUT2D eigenvalue weighted by Gasteiger charge is -2.39. The van der Waals surface area contributed by atoms with Crippen molar-refractivity contribution in [2.24, 2.45) is 0 Å². The molecule has 2 saturated heterocycles. The first kappa shape index (κ1) is 13.2. The molecule has 5 nitrogen and oxygen atoms in total. The maximum atomic E-state index is 9.04. The van der Waals surface area contributed by atoms with Gasteiger partial charge in [-0.2, -0.15) is 5.26 Å². The molecule has 0 saturated carbocycles. The number of piperidine rings is 1. The summed E-state index contributed by atoms with van der Waals surface area (Å²) in [4.78, 5) is 2.23. The average molecular weight is 274 g/mol. The summed E-state index contributed by atoms with van der Waals surface area (Å²) in [5.41, 5.74) is 1.62. The molecule has 5 heteroatoms. The maximum absolute atomic E-state index is 9.04. The SMILES string of the molecule is COc1ccc(C#N)cc1N1CCC2(CC1)OCCO2. The van der Waals surface area contributed by atoms with Crippen molar-refractivity contribution >= 4 is 5.69 Å². The van der Waals surface area contributed by atoms with Crippen molar-refractivity contribution in [1.82, 2.24) is 0 Å². The number of hydrogen-bond donors (Lipinski definition) is 0. The number of benzene rings is 1. The van der Waals surface area contributed by atoms with E-state index in [-0.39, 0.29) is 5.79 Å². The number of methoxy groups -OCH3 is 1. The fourth-order valence-corrected chi connectivity index (χ4v) is 2.88. The third-order valence-corrected chi connectivity index (χ3v) is 3.99. The zero-order chi connectivity index (χ0) is 14.0. The van der Waals surface area contributed by atoms with Crippen LogP contribution in [-0.2, 0) is 9.47 Å². The third kappa shape index (κ3) is 2.33. The van der Waals surface area contributed by atoms with Gasteiger partial charge in [0.05, 0.1) is 37.6 Å². The zero-order valence-electron chi connectivity index (χ0n) is 11.6. The molecule has 2 fully saturated rings. The second-order valence-corrected chi connectivity index (χ2v) is 5.09. The number of rotatable bonds is 2. The number of nitriles is 1. The summed E-state index contributed by atoms with van der Waals surface area (Å²) >= 11 is 0. The Kier molecular flexibility index (Phi) is 3.51. The van der Waals surface area contributed by atoms with Gasteiger partial charge in [0.2, 0.25) is 0 Å². The fourth-order valence-electron chi connectivity index (χ4n) is 2.88. The highest BCUT2D eigenvalue weighted by molar-refractivity contribution is 5.62. The van der Waals surface area contributed by atoms with Crippen molar-refractivity contribution in [1.29, 1.82) is 5.26 Å². The van der Waals surface area contributed by atoms with Crippen molar-refractivity contribution in [3.8, 4) is 11.8 Å². The van der Waals surface area contributed by atoms with Crippen LogP contribution in [0, 0.1) is 11.3 Å². The molecule has 2 aliphatic heterocycles. The Morgan fingerprint density at radius 3 is 2.55 bits per heavy atom. The third-order valence-electron chi connectivity index (χ3n) is 3.99. The second kappa shape index (κ2) is 5.31. The Bertz CT molecular complexity index is 522. The molecule has 3 rings (SSSR count). The van der Waals surface area contributed by atoms with Gasteiger partial charge in [-0.25, -0.2) is 0 Å². The van der Waals surface area contributed by atoms with E-state index in [2.05, 4.69) is 11.0 Å². The molecule has 20 heavy (non-hydrogen) atoms. The van der Waals surface area contributed by atoms with Crippen molar-refractivity contribution in [3.05, 3.63) is 23.8 Å². The molecular formula is C15H18N2O3. The molecule has 1 spiro atoms. The van der Waals surface area contributed by atoms with E-state index in [1.165, 1.54) is 0 Å². The van der Waals surface area contributed by atoms with Gasteiger partial charge in [0.15, 0.2) is 5.79 Å². The van der Waals surface area contributed by atoms with Crippen molar-refractivity contribution < 1.29 is 14.2 Å². The summed E-state index contributed by atoms with van der Waals surface area (Å²) in [6.07, 6.45) is 1.68. The highest BCUT2D eigenvalue weighted by atomic mass is 16.7. The molecule has 106 valence electrons. The Hall–Kier alpha value is -1.77. The van der Waals surface area contributed by atoms with Gasteiger partial charge in [-0.1, -0.05) is 0 Å². The van der Waals surface area contributed by atoms with Crippen LogP contribution in [0.25, 0.3) is 0 Å². The number of ether oxygens (including phenoxy) is 3. The maximum Gasteiger partial charge on any atom is 0.171 e. The zero-order valence-corrected chi connectivity index (χ0v) is 11.6. The monoisotopic (exact) mass is 274 g/mol. The van der Waals surface area contributed by atoms with Gasteiger partial charge in [0.1, 0.15) is 5.75 Å². The van der Waals surface area contributed by atoms with Crippen molar-refractivity contribution in [2.75, 3.05) is 38.3 Å². The molecule has 0 atom stereocenters. The summed E-state index contributed by atoms with van der Waals surface area (Å²) in [6.45, 7) is 3.05.